The number of aliphatic hydroxyl groups excluding tert-OH is 1. The van der Waals surface area contributed by atoms with E-state index in [0.29, 0.717) is 6.61 Å². The summed E-state index contributed by atoms with van der Waals surface area (Å²) in [4.78, 5) is 13.3. The van der Waals surface area contributed by atoms with Gasteiger partial charge in [-0.15, -0.1) is 0 Å². The predicted molar refractivity (Wildman–Crippen MR) is 183 cm³/mol. The van der Waals surface area contributed by atoms with Gasteiger partial charge in [-0.1, -0.05) is 121 Å². The van der Waals surface area contributed by atoms with Crippen LogP contribution < -0.4 is 0 Å². The molecule has 0 spiro atoms. The molecule has 1 heterocycles. The first-order valence-electron chi connectivity index (χ1n) is 16.8. The molecule has 260 valence electrons. The lowest BCUT2D eigenvalue weighted by Gasteiger charge is -2.52. The van der Waals surface area contributed by atoms with Gasteiger partial charge in [0.15, 0.2) is 0 Å². The predicted octanol–water partition coefficient (Wildman–Crippen LogP) is 6.02. The molecule has 9 nitrogen and oxygen atoms in total. The minimum absolute atomic E-state index is 0.0953. The highest BCUT2D eigenvalue weighted by Gasteiger charge is 2.59. The van der Waals surface area contributed by atoms with Crippen LogP contribution in [-0.2, 0) is 64.4 Å². The summed E-state index contributed by atoms with van der Waals surface area (Å²) in [6.45, 7) is 2.58. The molecule has 0 bridgehead atoms. The second-order valence-corrected chi connectivity index (χ2v) is 11.8. The Hall–Kier alpha value is -3.93. The van der Waals surface area contributed by atoms with Gasteiger partial charge >= 0.3 is 5.97 Å². The summed E-state index contributed by atoms with van der Waals surface area (Å²) in [6, 6.07) is 39.2. The van der Waals surface area contributed by atoms with E-state index in [4.69, 9.17) is 33.2 Å². The van der Waals surface area contributed by atoms with Gasteiger partial charge in [0.2, 0.25) is 5.79 Å². The van der Waals surface area contributed by atoms with Gasteiger partial charge in [0.25, 0.3) is 0 Å². The van der Waals surface area contributed by atoms with E-state index in [1.165, 1.54) is 0 Å². The number of carbonyl (C=O) groups excluding carboxylic acids is 1. The van der Waals surface area contributed by atoms with Crippen LogP contribution in [0.25, 0.3) is 0 Å². The summed E-state index contributed by atoms with van der Waals surface area (Å²) in [5.41, 5.74) is 3.82. The highest BCUT2D eigenvalue weighted by Crippen LogP contribution is 2.40. The number of ether oxygens (including phenoxy) is 7. The van der Waals surface area contributed by atoms with Crippen LogP contribution in [0.4, 0.5) is 0 Å². The van der Waals surface area contributed by atoms with Crippen molar-refractivity contribution in [3.05, 3.63) is 144 Å². The molecule has 5 rings (SSSR count). The van der Waals surface area contributed by atoms with Gasteiger partial charge in [0, 0.05) is 0 Å². The van der Waals surface area contributed by atoms with Crippen molar-refractivity contribution in [3.8, 4) is 0 Å². The maximum Gasteiger partial charge on any atom is 0.311 e. The fourth-order valence-electron chi connectivity index (χ4n) is 5.86. The van der Waals surface area contributed by atoms with Crippen molar-refractivity contribution in [1.82, 2.24) is 0 Å². The summed E-state index contributed by atoms with van der Waals surface area (Å²) in [5, 5.41) is 9.94. The Labute approximate surface area is 288 Å². The quantitative estimate of drug-likeness (QED) is 0.120. The number of benzene rings is 4. The van der Waals surface area contributed by atoms with E-state index in [2.05, 4.69) is 0 Å². The topological polar surface area (TPSA) is 102 Å². The van der Waals surface area contributed by atoms with Gasteiger partial charge in [-0.25, -0.2) is 0 Å². The molecule has 4 aromatic carbocycles. The molecule has 5 atom stereocenters. The first kappa shape index (κ1) is 36.4. The van der Waals surface area contributed by atoms with Crippen LogP contribution in [0, 0.1) is 0 Å². The molecule has 0 aliphatic carbocycles. The van der Waals surface area contributed by atoms with Crippen LogP contribution in [0.2, 0.25) is 0 Å². The highest BCUT2D eigenvalue weighted by atomic mass is 16.7. The molecule has 4 aromatic rings. The number of carbonyl (C=O) groups is 1. The summed E-state index contributed by atoms with van der Waals surface area (Å²) in [7, 11) is 0. The molecule has 1 saturated heterocycles. The van der Waals surface area contributed by atoms with Crippen LogP contribution in [-0.4, -0.2) is 67.7 Å². The first-order valence-corrected chi connectivity index (χ1v) is 16.8. The fraction of sp³-hybridized carbons (Fsp3) is 0.375. The minimum atomic E-state index is -1.71. The number of aliphatic hydroxyl groups is 1. The second kappa shape index (κ2) is 19.3. The zero-order chi connectivity index (χ0) is 34.2. The summed E-state index contributed by atoms with van der Waals surface area (Å²) in [5.74, 6) is -2.25. The normalized spacial score (nSPS) is 22.1. The smallest absolute Gasteiger partial charge is 0.311 e. The highest BCUT2D eigenvalue weighted by molar-refractivity contribution is 5.70. The maximum absolute atomic E-state index is 13.3. The molecule has 0 saturated carbocycles. The zero-order valence-electron chi connectivity index (χ0n) is 27.9. The van der Waals surface area contributed by atoms with E-state index in [-0.39, 0.29) is 52.7 Å². The molecule has 0 amide bonds. The second-order valence-electron chi connectivity index (χ2n) is 11.8. The Balaban J connectivity index is 1.54. The molecule has 0 aromatic heterocycles. The molecule has 9 heteroatoms. The van der Waals surface area contributed by atoms with Gasteiger partial charge in [-0.3, -0.25) is 4.79 Å². The maximum atomic E-state index is 13.3. The van der Waals surface area contributed by atoms with E-state index in [1.54, 1.807) is 6.92 Å². The third-order valence-electron chi connectivity index (χ3n) is 8.14. The molecule has 49 heavy (non-hydrogen) atoms. The number of rotatable bonds is 19. The standard InChI is InChI=1S/C40H46O9/c1-2-44-36(42)25-40(48-24-23-41)39(47-29-34-21-13-6-14-22-34)38(46-28-33-19-11-5-12-20-33)37(45-27-32-17-9-4-10-18-32)35(49-40)30-43-26-31-15-7-3-8-16-31/h3-22,35,37-39,41H,2,23-30H2,1H3/t35-,37+,38+,39-,40+/m1/s1. The van der Waals surface area contributed by atoms with E-state index in [9.17, 15) is 9.90 Å². The van der Waals surface area contributed by atoms with E-state index < -0.39 is 36.2 Å². The molecule has 1 fully saturated rings. The Morgan fingerprint density at radius 1 is 0.673 bits per heavy atom. The third kappa shape index (κ3) is 10.8. The van der Waals surface area contributed by atoms with Crippen molar-refractivity contribution < 1.29 is 43.1 Å². The van der Waals surface area contributed by atoms with E-state index in [1.807, 2.05) is 121 Å². The van der Waals surface area contributed by atoms with E-state index >= 15 is 0 Å². The molecule has 1 aliphatic rings. The average molecular weight is 671 g/mol. The first-order chi connectivity index (χ1) is 24.1. The summed E-state index contributed by atoms with van der Waals surface area (Å²) >= 11 is 0. The Morgan fingerprint density at radius 2 is 1.14 bits per heavy atom. The zero-order valence-corrected chi connectivity index (χ0v) is 27.9. The van der Waals surface area contributed by atoms with Crippen molar-refractivity contribution in [2.24, 2.45) is 0 Å². The van der Waals surface area contributed by atoms with Crippen LogP contribution in [0.1, 0.15) is 35.6 Å². The van der Waals surface area contributed by atoms with Gasteiger partial charge in [-0.2, -0.15) is 0 Å². The monoisotopic (exact) mass is 670 g/mol. The third-order valence-corrected chi connectivity index (χ3v) is 8.14. The Morgan fingerprint density at radius 3 is 1.63 bits per heavy atom. The Kier molecular flexibility index (Phi) is 14.3. The fourth-order valence-corrected chi connectivity index (χ4v) is 5.86. The molecule has 1 aliphatic heterocycles. The van der Waals surface area contributed by atoms with Gasteiger partial charge in [0.05, 0.1) is 52.9 Å². The van der Waals surface area contributed by atoms with Crippen LogP contribution in [0.15, 0.2) is 121 Å². The van der Waals surface area contributed by atoms with Crippen molar-refractivity contribution in [2.45, 2.75) is 70.0 Å². The van der Waals surface area contributed by atoms with Gasteiger partial charge < -0.3 is 38.3 Å². The Bertz CT molecular complexity index is 1490. The van der Waals surface area contributed by atoms with Crippen molar-refractivity contribution in [2.75, 3.05) is 26.4 Å². The lowest BCUT2D eigenvalue weighted by atomic mass is 9.89. The average Bonchev–Trinajstić information content (AvgIpc) is 3.14. The minimum Gasteiger partial charge on any atom is -0.466 e. The number of esters is 1. The van der Waals surface area contributed by atoms with Gasteiger partial charge in [0.1, 0.15) is 30.8 Å². The molecular weight excluding hydrogens is 624 g/mol. The molecular formula is C40H46O9. The number of hydrogen-bond acceptors (Lipinski definition) is 9. The largest absolute Gasteiger partial charge is 0.466 e. The van der Waals surface area contributed by atoms with Crippen LogP contribution in [0.5, 0.6) is 0 Å². The van der Waals surface area contributed by atoms with E-state index in [0.717, 1.165) is 22.3 Å². The summed E-state index contributed by atoms with van der Waals surface area (Å²) in [6.07, 6.45) is -3.59. The summed E-state index contributed by atoms with van der Waals surface area (Å²) < 4.78 is 45.0. The molecule has 0 unspecified atom stereocenters. The SMILES string of the molecule is CCOC(=O)C[C@]1(OCCO)O[C@H](COCc2ccccc2)[C@H](OCc2ccccc2)[C@H](OCc2ccccc2)[C@H]1OCc1ccccc1. The lowest BCUT2D eigenvalue weighted by Crippen LogP contribution is -2.68. The molecule has 1 N–H and O–H groups in total. The van der Waals surface area contributed by atoms with Crippen LogP contribution >= 0.6 is 0 Å². The van der Waals surface area contributed by atoms with Gasteiger partial charge in [-0.05, 0) is 29.2 Å². The number of hydrogen-bond donors (Lipinski definition) is 1. The van der Waals surface area contributed by atoms with Crippen molar-refractivity contribution >= 4 is 5.97 Å². The van der Waals surface area contributed by atoms with Crippen LogP contribution in [0.3, 0.4) is 0 Å². The van der Waals surface area contributed by atoms with Crippen molar-refractivity contribution in [3.63, 3.8) is 0 Å². The van der Waals surface area contributed by atoms with Crippen molar-refractivity contribution in [1.29, 1.82) is 0 Å². The lowest BCUT2D eigenvalue weighted by molar-refractivity contribution is -0.383. The molecule has 0 radical (unpaired) electrons.